The summed E-state index contributed by atoms with van der Waals surface area (Å²) in [6.45, 7) is 3.78. The van der Waals surface area contributed by atoms with Crippen LogP contribution in [0.2, 0.25) is 0 Å². The number of nitrogens with one attached hydrogen (secondary N) is 1. The topological polar surface area (TPSA) is 60.2 Å². The average molecular weight is 287 g/mol. The fourth-order valence-electron chi connectivity index (χ4n) is 2.68. The van der Waals surface area contributed by atoms with E-state index in [9.17, 15) is 0 Å². The van der Waals surface area contributed by atoms with Crippen LogP contribution in [0, 0.1) is 0 Å². The summed E-state index contributed by atoms with van der Waals surface area (Å²) in [4.78, 5) is 4.50. The number of benzene rings is 1. The molecule has 1 fully saturated rings. The van der Waals surface area contributed by atoms with E-state index in [1.165, 1.54) is 5.56 Å². The molecule has 5 heteroatoms. The van der Waals surface area contributed by atoms with E-state index in [-0.39, 0.29) is 12.1 Å². The first-order valence-electron chi connectivity index (χ1n) is 7.59. The predicted octanol–water partition coefficient (Wildman–Crippen LogP) is 2.81. The molecular weight excluding hydrogens is 266 g/mol. The second kappa shape index (κ2) is 6.83. The molecule has 3 rings (SSSR count). The van der Waals surface area contributed by atoms with Gasteiger partial charge >= 0.3 is 0 Å². The molecule has 0 bridgehead atoms. The Kier molecular flexibility index (Phi) is 4.62. The molecule has 0 spiro atoms. The maximum absolute atomic E-state index is 5.59. The minimum Gasteiger partial charge on any atom is -0.370 e. The molecule has 1 aliphatic heterocycles. The highest BCUT2D eigenvalue weighted by atomic mass is 16.5. The van der Waals surface area contributed by atoms with Crippen LogP contribution in [-0.2, 0) is 11.2 Å². The lowest BCUT2D eigenvalue weighted by Gasteiger charge is -2.16. The number of ether oxygens (including phenoxy) is 1. The zero-order valence-electron chi connectivity index (χ0n) is 12.3. The van der Waals surface area contributed by atoms with Crippen LogP contribution in [0.3, 0.4) is 0 Å². The van der Waals surface area contributed by atoms with Crippen molar-refractivity contribution < 1.29 is 9.26 Å². The molecule has 1 aliphatic rings. The molecule has 0 aliphatic carbocycles. The Hall–Kier alpha value is -1.72. The van der Waals surface area contributed by atoms with E-state index in [2.05, 4.69) is 34.5 Å². The van der Waals surface area contributed by atoms with Crippen LogP contribution in [0.25, 0.3) is 0 Å². The molecule has 0 amide bonds. The third-order valence-corrected chi connectivity index (χ3v) is 3.73. The molecule has 2 unspecified atom stereocenters. The largest absolute Gasteiger partial charge is 0.370 e. The van der Waals surface area contributed by atoms with Gasteiger partial charge in [0, 0.05) is 19.1 Å². The van der Waals surface area contributed by atoms with Gasteiger partial charge in [0.25, 0.3) is 0 Å². The maximum atomic E-state index is 5.59. The van der Waals surface area contributed by atoms with E-state index in [0.717, 1.165) is 26.0 Å². The minimum absolute atomic E-state index is 0.0109. The van der Waals surface area contributed by atoms with Crippen molar-refractivity contribution >= 4 is 0 Å². The molecule has 0 radical (unpaired) electrons. The zero-order valence-corrected chi connectivity index (χ0v) is 12.3. The standard InChI is InChI=1S/C16H21N3O2/c1-2-17-13(12-7-4-3-5-8-12)11-15-18-16(19-21-15)14-9-6-10-20-14/h3-5,7-8,13-14,17H,2,6,9-11H2,1H3. The third-order valence-electron chi connectivity index (χ3n) is 3.73. The number of rotatable bonds is 6. The van der Waals surface area contributed by atoms with E-state index < -0.39 is 0 Å². The third kappa shape index (κ3) is 3.49. The summed E-state index contributed by atoms with van der Waals surface area (Å²) in [5.41, 5.74) is 1.23. The summed E-state index contributed by atoms with van der Waals surface area (Å²) >= 11 is 0. The summed E-state index contributed by atoms with van der Waals surface area (Å²) in [6, 6.07) is 10.5. The Morgan fingerprint density at radius 2 is 2.19 bits per heavy atom. The Balaban J connectivity index is 1.71. The first-order valence-corrected chi connectivity index (χ1v) is 7.59. The number of aromatic nitrogens is 2. The van der Waals surface area contributed by atoms with Gasteiger partial charge in [0.2, 0.25) is 11.7 Å². The summed E-state index contributed by atoms with van der Waals surface area (Å²) < 4.78 is 11.0. The van der Waals surface area contributed by atoms with Crippen LogP contribution in [0.1, 0.15) is 49.2 Å². The highest BCUT2D eigenvalue weighted by Gasteiger charge is 2.24. The summed E-state index contributed by atoms with van der Waals surface area (Å²) in [5, 5.41) is 7.53. The molecule has 1 N–H and O–H groups in total. The van der Waals surface area contributed by atoms with Gasteiger partial charge in [-0.1, -0.05) is 42.4 Å². The minimum atomic E-state index is 0.0109. The summed E-state index contributed by atoms with van der Waals surface area (Å²) in [6.07, 6.45) is 2.75. The number of hydrogen-bond donors (Lipinski definition) is 1. The number of likely N-dealkylation sites (N-methyl/N-ethyl adjacent to an activating group) is 1. The van der Waals surface area contributed by atoms with Gasteiger partial charge < -0.3 is 14.6 Å². The normalized spacial score (nSPS) is 19.8. The van der Waals surface area contributed by atoms with Crippen molar-refractivity contribution in [3.05, 3.63) is 47.6 Å². The Morgan fingerprint density at radius 1 is 1.33 bits per heavy atom. The molecule has 2 heterocycles. The maximum Gasteiger partial charge on any atom is 0.228 e. The smallest absolute Gasteiger partial charge is 0.228 e. The van der Waals surface area contributed by atoms with Crippen molar-refractivity contribution in [2.24, 2.45) is 0 Å². The van der Waals surface area contributed by atoms with Gasteiger partial charge in [0.1, 0.15) is 6.10 Å². The van der Waals surface area contributed by atoms with E-state index in [1.54, 1.807) is 0 Å². The Bertz CT molecular complexity index is 550. The highest BCUT2D eigenvalue weighted by molar-refractivity contribution is 5.19. The molecule has 21 heavy (non-hydrogen) atoms. The van der Waals surface area contributed by atoms with Crippen LogP contribution >= 0.6 is 0 Å². The van der Waals surface area contributed by atoms with Gasteiger partial charge in [-0.15, -0.1) is 0 Å². The quantitative estimate of drug-likeness (QED) is 0.885. The Labute approximate surface area is 124 Å². The van der Waals surface area contributed by atoms with Gasteiger partial charge in [-0.2, -0.15) is 4.98 Å². The Morgan fingerprint density at radius 3 is 2.90 bits per heavy atom. The SMILES string of the molecule is CCNC(Cc1nc(C2CCCO2)no1)c1ccccc1. The van der Waals surface area contributed by atoms with Crippen molar-refractivity contribution in [1.82, 2.24) is 15.5 Å². The van der Waals surface area contributed by atoms with E-state index in [0.29, 0.717) is 18.1 Å². The molecule has 112 valence electrons. The van der Waals surface area contributed by atoms with Crippen molar-refractivity contribution in [3.8, 4) is 0 Å². The molecular formula is C16H21N3O2. The van der Waals surface area contributed by atoms with Gasteiger partial charge in [-0.05, 0) is 24.9 Å². The van der Waals surface area contributed by atoms with Gasteiger partial charge in [-0.3, -0.25) is 0 Å². The van der Waals surface area contributed by atoms with Crippen LogP contribution in [0.4, 0.5) is 0 Å². The lowest BCUT2D eigenvalue weighted by molar-refractivity contribution is 0.103. The van der Waals surface area contributed by atoms with Crippen LogP contribution in [0.5, 0.6) is 0 Å². The lowest BCUT2D eigenvalue weighted by atomic mass is 10.0. The van der Waals surface area contributed by atoms with Crippen molar-refractivity contribution in [1.29, 1.82) is 0 Å². The van der Waals surface area contributed by atoms with Gasteiger partial charge in [0.15, 0.2) is 0 Å². The first kappa shape index (κ1) is 14.2. The summed E-state index contributed by atoms with van der Waals surface area (Å²) in [7, 11) is 0. The molecule has 2 atom stereocenters. The molecule has 5 nitrogen and oxygen atoms in total. The van der Waals surface area contributed by atoms with E-state index in [1.807, 2.05) is 18.2 Å². The molecule has 0 saturated carbocycles. The van der Waals surface area contributed by atoms with Gasteiger partial charge in [0.05, 0.1) is 0 Å². The lowest BCUT2D eigenvalue weighted by Crippen LogP contribution is -2.23. The van der Waals surface area contributed by atoms with Crippen molar-refractivity contribution in [2.75, 3.05) is 13.2 Å². The van der Waals surface area contributed by atoms with Gasteiger partial charge in [-0.25, -0.2) is 0 Å². The average Bonchev–Trinajstić information content (AvgIpc) is 3.19. The van der Waals surface area contributed by atoms with E-state index in [4.69, 9.17) is 9.26 Å². The van der Waals surface area contributed by atoms with Crippen LogP contribution in [0.15, 0.2) is 34.9 Å². The highest BCUT2D eigenvalue weighted by Crippen LogP contribution is 2.27. The number of hydrogen-bond acceptors (Lipinski definition) is 5. The fraction of sp³-hybridized carbons (Fsp3) is 0.500. The van der Waals surface area contributed by atoms with Crippen molar-refractivity contribution in [3.63, 3.8) is 0 Å². The predicted molar refractivity (Wildman–Crippen MR) is 78.8 cm³/mol. The second-order valence-corrected chi connectivity index (χ2v) is 5.27. The fourth-order valence-corrected chi connectivity index (χ4v) is 2.68. The molecule has 1 aromatic heterocycles. The first-order chi connectivity index (χ1) is 10.4. The monoisotopic (exact) mass is 287 g/mol. The van der Waals surface area contributed by atoms with Crippen molar-refractivity contribution in [2.45, 2.75) is 38.3 Å². The zero-order chi connectivity index (χ0) is 14.5. The molecule has 1 aromatic carbocycles. The molecule has 1 saturated heterocycles. The molecule has 2 aromatic rings. The second-order valence-electron chi connectivity index (χ2n) is 5.27. The summed E-state index contributed by atoms with van der Waals surface area (Å²) in [5.74, 6) is 1.35. The van der Waals surface area contributed by atoms with Crippen LogP contribution < -0.4 is 5.32 Å². The van der Waals surface area contributed by atoms with E-state index >= 15 is 0 Å². The van der Waals surface area contributed by atoms with Crippen LogP contribution in [-0.4, -0.2) is 23.3 Å². The number of nitrogens with zero attached hydrogens (tertiary/aromatic N) is 2.